The lowest BCUT2D eigenvalue weighted by molar-refractivity contribution is 0.630. The number of hydrogen-bond acceptors (Lipinski definition) is 3. The first kappa shape index (κ1) is 13.3. The lowest BCUT2D eigenvalue weighted by Gasteiger charge is -2.08. The minimum atomic E-state index is -0.342. The van der Waals surface area contributed by atoms with Crippen LogP contribution in [-0.4, -0.2) is 14.4 Å². The van der Waals surface area contributed by atoms with E-state index in [4.69, 9.17) is 11.6 Å². The fourth-order valence-electron chi connectivity index (χ4n) is 1.87. The van der Waals surface area contributed by atoms with Gasteiger partial charge < -0.3 is 5.32 Å². The Morgan fingerprint density at radius 3 is 3.00 bits per heavy atom. The molecular formula is C13H9BrClFN4. The average Bonchev–Trinajstić information content (AvgIpc) is 2.82. The number of hydrogen-bond donors (Lipinski definition) is 1. The van der Waals surface area contributed by atoms with E-state index in [1.165, 1.54) is 12.1 Å². The summed E-state index contributed by atoms with van der Waals surface area (Å²) >= 11 is 9.17. The van der Waals surface area contributed by atoms with E-state index in [9.17, 15) is 4.39 Å². The quantitative estimate of drug-likeness (QED) is 0.775. The number of benzene rings is 1. The monoisotopic (exact) mass is 354 g/mol. The summed E-state index contributed by atoms with van der Waals surface area (Å²) in [7, 11) is 0. The van der Waals surface area contributed by atoms with Crippen molar-refractivity contribution in [2.24, 2.45) is 0 Å². The minimum absolute atomic E-state index is 0.342. The molecule has 0 atom stereocenters. The van der Waals surface area contributed by atoms with Gasteiger partial charge in [0.1, 0.15) is 10.4 Å². The van der Waals surface area contributed by atoms with Gasteiger partial charge in [-0.05, 0) is 34.1 Å². The number of halogens is 3. The predicted octanol–water partition coefficient (Wildman–Crippen LogP) is 3.90. The van der Waals surface area contributed by atoms with E-state index >= 15 is 0 Å². The first-order valence-electron chi connectivity index (χ1n) is 5.80. The van der Waals surface area contributed by atoms with Crippen molar-refractivity contribution in [3.63, 3.8) is 0 Å². The second-order valence-electron chi connectivity index (χ2n) is 4.17. The Bertz CT molecular complexity index is 774. The van der Waals surface area contributed by atoms with Crippen molar-refractivity contribution >= 4 is 38.9 Å². The van der Waals surface area contributed by atoms with Crippen molar-refractivity contribution < 1.29 is 4.39 Å². The Labute approximate surface area is 127 Å². The molecule has 0 fully saturated rings. The summed E-state index contributed by atoms with van der Waals surface area (Å²) < 4.78 is 16.2. The van der Waals surface area contributed by atoms with Gasteiger partial charge in [0.25, 0.3) is 0 Å². The van der Waals surface area contributed by atoms with Crippen LogP contribution in [-0.2, 0) is 6.54 Å². The van der Waals surface area contributed by atoms with Crippen molar-refractivity contribution in [3.8, 4) is 0 Å². The second-order valence-corrected chi connectivity index (χ2v) is 5.41. The highest BCUT2D eigenvalue weighted by Crippen LogP contribution is 2.20. The molecule has 1 N–H and O–H groups in total. The largest absolute Gasteiger partial charge is 0.377 e. The molecule has 2 aromatic heterocycles. The third-order valence-electron chi connectivity index (χ3n) is 2.83. The summed E-state index contributed by atoms with van der Waals surface area (Å²) in [6.45, 7) is 0.425. The van der Waals surface area contributed by atoms with E-state index in [0.717, 1.165) is 11.3 Å². The summed E-state index contributed by atoms with van der Waals surface area (Å²) in [6, 6.07) is 4.40. The smallest absolute Gasteiger partial charge is 0.155 e. The van der Waals surface area contributed by atoms with Crippen LogP contribution in [0.25, 0.3) is 5.65 Å². The van der Waals surface area contributed by atoms with Gasteiger partial charge in [0.05, 0.1) is 30.3 Å². The first-order chi connectivity index (χ1) is 9.63. The van der Waals surface area contributed by atoms with Crippen molar-refractivity contribution in [3.05, 3.63) is 57.9 Å². The molecule has 0 spiro atoms. The molecule has 20 heavy (non-hydrogen) atoms. The number of aromatic nitrogens is 3. The molecule has 0 aliphatic carbocycles. The van der Waals surface area contributed by atoms with Gasteiger partial charge in [0.2, 0.25) is 0 Å². The number of fused-ring (bicyclic) bond motifs is 1. The molecule has 3 aromatic rings. The van der Waals surface area contributed by atoms with Gasteiger partial charge in [-0.2, -0.15) is 0 Å². The molecule has 0 radical (unpaired) electrons. The second kappa shape index (κ2) is 5.38. The van der Waals surface area contributed by atoms with Gasteiger partial charge in [-0.15, -0.1) is 0 Å². The van der Waals surface area contributed by atoms with Gasteiger partial charge >= 0.3 is 0 Å². The van der Waals surface area contributed by atoms with Crippen LogP contribution in [0.1, 0.15) is 5.69 Å². The van der Waals surface area contributed by atoms with Gasteiger partial charge in [-0.25, -0.2) is 14.4 Å². The third-order valence-corrected chi connectivity index (χ3v) is 3.47. The van der Waals surface area contributed by atoms with E-state index in [1.54, 1.807) is 18.5 Å². The van der Waals surface area contributed by atoms with Crippen LogP contribution < -0.4 is 5.32 Å². The first-order valence-corrected chi connectivity index (χ1v) is 6.97. The topological polar surface area (TPSA) is 42.2 Å². The molecule has 0 aliphatic rings. The third kappa shape index (κ3) is 2.62. The lowest BCUT2D eigenvalue weighted by atomic mass is 10.3. The number of nitrogens with zero attached hydrogens (tertiary/aromatic N) is 3. The molecule has 0 aliphatic heterocycles. The molecule has 1 aromatic carbocycles. The van der Waals surface area contributed by atoms with Crippen LogP contribution >= 0.6 is 27.5 Å². The number of nitrogens with one attached hydrogen (secondary N) is 1. The number of imidazole rings is 1. The van der Waals surface area contributed by atoms with Crippen LogP contribution in [0.2, 0.25) is 5.02 Å². The Kier molecular flexibility index (Phi) is 3.58. The van der Waals surface area contributed by atoms with E-state index < -0.39 is 0 Å². The zero-order valence-corrected chi connectivity index (χ0v) is 12.5. The fourth-order valence-corrected chi connectivity index (χ4v) is 2.34. The standard InChI is InChI=1S/C13H9BrClFN4/c14-12-7-20-9(5-19-13(20)6-18-12)4-17-11-3-8(15)1-2-10(11)16/h1-3,5-7,17H,4H2. The fraction of sp³-hybridized carbons (Fsp3) is 0.0769. The van der Waals surface area contributed by atoms with Crippen LogP contribution in [0.15, 0.2) is 41.4 Å². The highest BCUT2D eigenvalue weighted by Gasteiger charge is 2.06. The molecule has 7 heteroatoms. The molecule has 0 saturated heterocycles. The van der Waals surface area contributed by atoms with E-state index in [1.807, 2.05) is 10.6 Å². The van der Waals surface area contributed by atoms with E-state index in [-0.39, 0.29) is 5.82 Å². The van der Waals surface area contributed by atoms with Crippen LogP contribution in [0.3, 0.4) is 0 Å². The Balaban J connectivity index is 1.86. The van der Waals surface area contributed by atoms with Gasteiger partial charge in [0, 0.05) is 11.2 Å². The van der Waals surface area contributed by atoms with Crippen LogP contribution in [0.5, 0.6) is 0 Å². The Morgan fingerprint density at radius 2 is 2.15 bits per heavy atom. The van der Waals surface area contributed by atoms with Crippen LogP contribution in [0, 0.1) is 5.82 Å². The molecule has 0 saturated carbocycles. The maximum absolute atomic E-state index is 13.6. The van der Waals surface area contributed by atoms with E-state index in [2.05, 4.69) is 31.2 Å². The Hall–Kier alpha value is -1.66. The van der Waals surface area contributed by atoms with Gasteiger partial charge in [0.15, 0.2) is 5.65 Å². The van der Waals surface area contributed by atoms with Gasteiger partial charge in [-0.3, -0.25) is 4.40 Å². The average molecular weight is 356 g/mol. The SMILES string of the molecule is Fc1ccc(Cl)cc1NCc1cnc2cnc(Br)cn12. The maximum atomic E-state index is 13.6. The summed E-state index contributed by atoms with van der Waals surface area (Å²) in [5, 5.41) is 3.50. The molecule has 102 valence electrons. The molecule has 0 amide bonds. The molecule has 3 rings (SSSR count). The molecule has 0 unspecified atom stereocenters. The predicted molar refractivity (Wildman–Crippen MR) is 79.4 cm³/mol. The highest BCUT2D eigenvalue weighted by atomic mass is 79.9. The normalized spacial score (nSPS) is 10.9. The summed E-state index contributed by atoms with van der Waals surface area (Å²) in [6.07, 6.45) is 5.19. The number of rotatable bonds is 3. The summed E-state index contributed by atoms with van der Waals surface area (Å²) in [5.74, 6) is -0.342. The molecular weight excluding hydrogens is 347 g/mol. The lowest BCUT2D eigenvalue weighted by Crippen LogP contribution is -2.04. The van der Waals surface area contributed by atoms with Crippen molar-refractivity contribution in [1.29, 1.82) is 0 Å². The van der Waals surface area contributed by atoms with Crippen molar-refractivity contribution in [1.82, 2.24) is 14.4 Å². The Morgan fingerprint density at radius 1 is 1.30 bits per heavy atom. The summed E-state index contributed by atoms with van der Waals surface area (Å²) in [4.78, 5) is 8.33. The maximum Gasteiger partial charge on any atom is 0.155 e. The molecule has 2 heterocycles. The van der Waals surface area contributed by atoms with Crippen LogP contribution in [0.4, 0.5) is 10.1 Å². The van der Waals surface area contributed by atoms with Gasteiger partial charge in [-0.1, -0.05) is 11.6 Å². The van der Waals surface area contributed by atoms with Crippen molar-refractivity contribution in [2.75, 3.05) is 5.32 Å². The summed E-state index contributed by atoms with van der Waals surface area (Å²) in [5.41, 5.74) is 1.99. The number of anilines is 1. The highest BCUT2D eigenvalue weighted by molar-refractivity contribution is 9.10. The zero-order valence-electron chi connectivity index (χ0n) is 10.1. The van der Waals surface area contributed by atoms with E-state index in [0.29, 0.717) is 21.9 Å². The molecule has 4 nitrogen and oxygen atoms in total. The zero-order chi connectivity index (χ0) is 14.1. The van der Waals surface area contributed by atoms with Crippen molar-refractivity contribution in [2.45, 2.75) is 6.54 Å². The minimum Gasteiger partial charge on any atom is -0.377 e. The molecule has 0 bridgehead atoms.